The number of nitrogens with one attached hydrogen (secondary N) is 1. The van der Waals surface area contributed by atoms with E-state index in [2.05, 4.69) is 76.4 Å². The number of hydrogen-bond acceptors (Lipinski definition) is 7. The van der Waals surface area contributed by atoms with Gasteiger partial charge in [-0.15, -0.1) is 10.2 Å². The van der Waals surface area contributed by atoms with Gasteiger partial charge in [0, 0.05) is 18.4 Å². The van der Waals surface area contributed by atoms with Gasteiger partial charge in [0.05, 0.1) is 19.3 Å². The van der Waals surface area contributed by atoms with Crippen molar-refractivity contribution in [2.75, 3.05) is 13.2 Å². The first-order valence-electron chi connectivity index (χ1n) is 15.3. The number of ether oxygens (including phenoxy) is 2. The van der Waals surface area contributed by atoms with Crippen LogP contribution in [0.4, 0.5) is 0 Å². The van der Waals surface area contributed by atoms with E-state index in [1.165, 1.54) is 24.8 Å². The fraction of sp³-hybridized carbons (Fsp3) is 0.531. The molecule has 218 valence electrons. The van der Waals surface area contributed by atoms with Crippen molar-refractivity contribution < 1.29 is 9.47 Å². The highest BCUT2D eigenvalue weighted by Gasteiger charge is 2.39. The standard InChI is InChI=1S/C32H43N7O2/c1-4-20-32(40-21-5-2,41-22-6-3)31-33-29(39(36-31)26-12-8-7-9-13-26)23-24-16-18-25(19-17-24)27-14-10-11-15-28(27)30-34-37-38-35-30/h10-11,14-19,26H,4-9,12-13,20-23H2,1-3H3,(H,34,35,37,38). The van der Waals surface area contributed by atoms with Crippen LogP contribution in [0, 0.1) is 0 Å². The van der Waals surface area contributed by atoms with Crippen LogP contribution >= 0.6 is 0 Å². The molecular weight excluding hydrogens is 514 g/mol. The van der Waals surface area contributed by atoms with E-state index in [1.54, 1.807) is 0 Å². The van der Waals surface area contributed by atoms with Crippen LogP contribution in [0.5, 0.6) is 0 Å². The van der Waals surface area contributed by atoms with Crippen molar-refractivity contribution in [3.05, 3.63) is 65.7 Å². The first-order chi connectivity index (χ1) is 20.2. The Morgan fingerprint density at radius 1 is 0.878 bits per heavy atom. The van der Waals surface area contributed by atoms with Gasteiger partial charge in [0.2, 0.25) is 11.6 Å². The van der Waals surface area contributed by atoms with Crippen LogP contribution in [-0.4, -0.2) is 48.6 Å². The van der Waals surface area contributed by atoms with Gasteiger partial charge in [0.1, 0.15) is 5.82 Å². The number of rotatable bonds is 14. The molecule has 1 aliphatic carbocycles. The minimum absolute atomic E-state index is 0.360. The Balaban J connectivity index is 1.47. The van der Waals surface area contributed by atoms with Gasteiger partial charge in [-0.3, -0.25) is 0 Å². The molecule has 2 aromatic heterocycles. The lowest BCUT2D eigenvalue weighted by atomic mass is 9.95. The summed E-state index contributed by atoms with van der Waals surface area (Å²) in [6.07, 6.45) is 10.2. The van der Waals surface area contributed by atoms with E-state index in [4.69, 9.17) is 19.6 Å². The third-order valence-electron chi connectivity index (χ3n) is 7.78. The summed E-state index contributed by atoms with van der Waals surface area (Å²) in [4.78, 5) is 5.18. The van der Waals surface area contributed by atoms with E-state index >= 15 is 0 Å². The van der Waals surface area contributed by atoms with Crippen LogP contribution in [0.3, 0.4) is 0 Å². The highest BCUT2D eigenvalue weighted by Crippen LogP contribution is 2.35. The van der Waals surface area contributed by atoms with Gasteiger partial charge < -0.3 is 9.47 Å². The van der Waals surface area contributed by atoms with Crippen LogP contribution in [0.25, 0.3) is 22.5 Å². The number of nitrogens with zero attached hydrogens (tertiary/aromatic N) is 6. The zero-order valence-corrected chi connectivity index (χ0v) is 24.7. The molecule has 0 aliphatic heterocycles. The van der Waals surface area contributed by atoms with E-state index in [9.17, 15) is 0 Å². The number of tetrazole rings is 1. The second-order valence-electron chi connectivity index (χ2n) is 11.0. The molecule has 5 rings (SSSR count). The number of aromatic amines is 1. The fourth-order valence-electron chi connectivity index (χ4n) is 5.74. The van der Waals surface area contributed by atoms with Crippen molar-refractivity contribution in [2.24, 2.45) is 0 Å². The van der Waals surface area contributed by atoms with E-state index in [1.807, 2.05) is 18.2 Å². The first-order valence-corrected chi connectivity index (χ1v) is 15.3. The Labute approximate surface area is 243 Å². The molecule has 0 radical (unpaired) electrons. The lowest BCUT2D eigenvalue weighted by Gasteiger charge is -2.31. The average Bonchev–Trinajstić information content (AvgIpc) is 3.71. The molecule has 9 nitrogen and oxygen atoms in total. The first kappa shape index (κ1) is 29.1. The van der Waals surface area contributed by atoms with Gasteiger partial charge in [-0.1, -0.05) is 95.0 Å². The number of H-pyrrole nitrogens is 1. The number of hydrogen-bond donors (Lipinski definition) is 1. The topological polar surface area (TPSA) is 104 Å². The Hall–Kier alpha value is -3.43. The molecule has 0 atom stereocenters. The molecule has 0 saturated heterocycles. The molecule has 1 fully saturated rings. The lowest BCUT2D eigenvalue weighted by Crippen LogP contribution is -2.35. The summed E-state index contributed by atoms with van der Waals surface area (Å²) in [5.41, 5.74) is 4.35. The molecule has 0 unspecified atom stereocenters. The molecule has 41 heavy (non-hydrogen) atoms. The summed E-state index contributed by atoms with van der Waals surface area (Å²) in [6.45, 7) is 7.64. The maximum Gasteiger partial charge on any atom is 0.232 e. The van der Waals surface area contributed by atoms with Gasteiger partial charge in [-0.2, -0.15) is 0 Å². The van der Waals surface area contributed by atoms with E-state index < -0.39 is 5.79 Å². The molecule has 1 aliphatic rings. The minimum Gasteiger partial charge on any atom is -0.343 e. The molecule has 0 amide bonds. The van der Waals surface area contributed by atoms with Gasteiger partial charge in [-0.05, 0) is 52.8 Å². The Morgan fingerprint density at radius 3 is 2.22 bits per heavy atom. The predicted octanol–water partition coefficient (Wildman–Crippen LogP) is 7.03. The van der Waals surface area contributed by atoms with Crippen LogP contribution in [0.2, 0.25) is 0 Å². The highest BCUT2D eigenvalue weighted by molar-refractivity contribution is 5.80. The van der Waals surface area contributed by atoms with Crippen molar-refractivity contribution in [3.63, 3.8) is 0 Å². The summed E-state index contributed by atoms with van der Waals surface area (Å²) < 4.78 is 15.1. The Morgan fingerprint density at radius 2 is 1.59 bits per heavy atom. The van der Waals surface area contributed by atoms with Crippen molar-refractivity contribution >= 4 is 0 Å². The van der Waals surface area contributed by atoms with E-state index in [0.29, 0.717) is 37.3 Å². The quantitative estimate of drug-likeness (QED) is 0.166. The number of aromatic nitrogens is 7. The van der Waals surface area contributed by atoms with Gasteiger partial charge in [-0.25, -0.2) is 14.8 Å². The van der Waals surface area contributed by atoms with E-state index in [0.717, 1.165) is 61.0 Å². The maximum absolute atomic E-state index is 6.44. The van der Waals surface area contributed by atoms with Crippen molar-refractivity contribution in [3.8, 4) is 22.5 Å². The van der Waals surface area contributed by atoms with Crippen molar-refractivity contribution in [1.29, 1.82) is 0 Å². The molecule has 1 N–H and O–H groups in total. The third-order valence-corrected chi connectivity index (χ3v) is 7.78. The molecule has 2 aromatic carbocycles. The third kappa shape index (κ3) is 6.73. The monoisotopic (exact) mass is 557 g/mol. The van der Waals surface area contributed by atoms with Crippen LogP contribution < -0.4 is 0 Å². The smallest absolute Gasteiger partial charge is 0.232 e. The summed E-state index contributed by atoms with van der Waals surface area (Å²) in [5, 5.41) is 19.7. The molecule has 0 bridgehead atoms. The Bertz CT molecular complexity index is 1340. The minimum atomic E-state index is -0.904. The second-order valence-corrected chi connectivity index (χ2v) is 11.0. The molecule has 9 heteroatoms. The van der Waals surface area contributed by atoms with E-state index in [-0.39, 0.29) is 0 Å². The molecular formula is C32H43N7O2. The average molecular weight is 558 g/mol. The largest absolute Gasteiger partial charge is 0.343 e. The van der Waals surface area contributed by atoms with Gasteiger partial charge >= 0.3 is 0 Å². The van der Waals surface area contributed by atoms with Gasteiger partial charge in [0.25, 0.3) is 0 Å². The maximum atomic E-state index is 6.44. The van der Waals surface area contributed by atoms with Crippen molar-refractivity contribution in [1.82, 2.24) is 35.4 Å². The Kier molecular flexibility index (Phi) is 9.90. The lowest BCUT2D eigenvalue weighted by molar-refractivity contribution is -0.256. The van der Waals surface area contributed by atoms with Crippen LogP contribution in [0.15, 0.2) is 48.5 Å². The summed E-state index contributed by atoms with van der Waals surface area (Å²) in [6, 6.07) is 17.2. The zero-order valence-electron chi connectivity index (χ0n) is 24.7. The fourth-order valence-corrected chi connectivity index (χ4v) is 5.74. The number of benzene rings is 2. The normalized spacial score (nSPS) is 14.5. The van der Waals surface area contributed by atoms with Crippen LogP contribution in [0.1, 0.15) is 102 Å². The van der Waals surface area contributed by atoms with Crippen molar-refractivity contribution in [2.45, 2.75) is 96.8 Å². The summed E-state index contributed by atoms with van der Waals surface area (Å²) >= 11 is 0. The SMILES string of the molecule is CCCOC(CCC)(OCCC)c1nc(Cc2ccc(-c3ccccc3-c3nnn[nH]3)cc2)n(C2CCCCC2)n1. The summed E-state index contributed by atoms with van der Waals surface area (Å²) in [5.74, 6) is 1.41. The highest BCUT2D eigenvalue weighted by atomic mass is 16.7. The molecule has 0 spiro atoms. The second kappa shape index (κ2) is 14.0. The molecule has 1 saturated carbocycles. The van der Waals surface area contributed by atoms with Crippen LogP contribution in [-0.2, 0) is 21.7 Å². The predicted molar refractivity (Wildman–Crippen MR) is 159 cm³/mol. The zero-order chi connectivity index (χ0) is 28.5. The molecule has 2 heterocycles. The molecule has 4 aromatic rings. The van der Waals surface area contributed by atoms with Gasteiger partial charge in [0.15, 0.2) is 5.82 Å². The summed E-state index contributed by atoms with van der Waals surface area (Å²) in [7, 11) is 0.